The van der Waals surface area contributed by atoms with Crippen LogP contribution in [0.1, 0.15) is 57.1 Å². The van der Waals surface area contributed by atoms with E-state index in [9.17, 15) is 4.79 Å². The molecule has 6 heterocycles. The number of anilines is 3. The predicted octanol–water partition coefficient (Wildman–Crippen LogP) is 2.86. The molecule has 0 aromatic carbocycles. The Balaban J connectivity index is 1.19. The molecule has 11 heteroatoms. The topological polar surface area (TPSA) is 112 Å². The summed E-state index contributed by atoms with van der Waals surface area (Å²) in [6.45, 7) is 5.66. The van der Waals surface area contributed by atoms with Gasteiger partial charge in [-0.3, -0.25) is 14.8 Å². The minimum absolute atomic E-state index is 0.000672. The molecule has 2 N–H and O–H groups in total. The lowest BCUT2D eigenvalue weighted by Crippen LogP contribution is -2.58. The summed E-state index contributed by atoms with van der Waals surface area (Å²) in [5.74, 6) is 2.84. The number of fused-ring (bicyclic) bond motifs is 2. The average Bonchev–Trinajstić information content (AvgIpc) is 3.67. The first-order valence-corrected chi connectivity index (χ1v) is 14.2. The number of aryl methyl sites for hydroxylation is 1. The second-order valence-electron chi connectivity index (χ2n) is 11.3. The molecule has 4 aliphatic rings. The monoisotopic (exact) mass is 524 g/mol. The van der Waals surface area contributed by atoms with E-state index in [4.69, 9.17) is 19.4 Å². The minimum Gasteiger partial charge on any atom is -0.472 e. The number of nitrogens with one attached hydrogen (secondary N) is 2. The zero-order valence-electron chi connectivity index (χ0n) is 22.6. The Bertz CT molecular complexity index is 1100. The molecule has 11 nitrogen and oxygen atoms in total. The summed E-state index contributed by atoms with van der Waals surface area (Å²) in [7, 11) is 2.09. The quantitative estimate of drug-likeness (QED) is 0.538. The van der Waals surface area contributed by atoms with Gasteiger partial charge in [0.15, 0.2) is 5.82 Å². The highest BCUT2D eigenvalue weighted by Crippen LogP contribution is 2.37. The third kappa shape index (κ3) is 5.58. The van der Waals surface area contributed by atoms with Crippen molar-refractivity contribution in [2.24, 2.45) is 0 Å². The minimum atomic E-state index is -0.000672. The number of carbonyl (C=O) groups is 1. The molecule has 2 aromatic heterocycles. The summed E-state index contributed by atoms with van der Waals surface area (Å²) in [5, 5.41) is 10.6. The molecule has 4 aliphatic heterocycles. The fraction of sp³-hybridized carbons (Fsp3) is 0.704. The van der Waals surface area contributed by atoms with E-state index in [-0.39, 0.29) is 6.10 Å². The molecule has 1 unspecified atom stereocenters. The summed E-state index contributed by atoms with van der Waals surface area (Å²) in [4.78, 5) is 29.4. The van der Waals surface area contributed by atoms with E-state index in [1.165, 1.54) is 6.42 Å². The van der Waals surface area contributed by atoms with E-state index in [0.717, 1.165) is 63.7 Å². The molecule has 0 radical (unpaired) electrons. The Morgan fingerprint density at radius 1 is 1.13 bits per heavy atom. The van der Waals surface area contributed by atoms with Crippen molar-refractivity contribution in [1.82, 2.24) is 30.0 Å². The van der Waals surface area contributed by atoms with E-state index in [1.54, 1.807) is 0 Å². The van der Waals surface area contributed by atoms with Crippen LogP contribution in [0.15, 0.2) is 12.1 Å². The number of carbonyl (C=O) groups excluding carboxylic acids is 1. The molecule has 206 valence electrons. The van der Waals surface area contributed by atoms with Crippen LogP contribution in [0.5, 0.6) is 5.88 Å². The van der Waals surface area contributed by atoms with Crippen LogP contribution in [-0.4, -0.2) is 100.0 Å². The molecule has 4 saturated heterocycles. The number of hydrogen-bond donors (Lipinski definition) is 2. The number of likely N-dealkylation sites (tertiary alicyclic amines) is 1. The number of aromatic amines is 1. The lowest BCUT2D eigenvalue weighted by atomic mass is 9.81. The third-order valence-electron chi connectivity index (χ3n) is 8.57. The zero-order valence-corrected chi connectivity index (χ0v) is 22.6. The predicted molar refractivity (Wildman–Crippen MR) is 144 cm³/mol. The number of H-pyrrole nitrogens is 1. The van der Waals surface area contributed by atoms with Crippen LogP contribution in [0.2, 0.25) is 0 Å². The van der Waals surface area contributed by atoms with Gasteiger partial charge < -0.3 is 24.6 Å². The molecular weight excluding hydrogens is 484 g/mol. The lowest BCUT2D eigenvalue weighted by molar-refractivity contribution is -0.134. The van der Waals surface area contributed by atoms with Crippen molar-refractivity contribution < 1.29 is 14.3 Å². The van der Waals surface area contributed by atoms with Gasteiger partial charge in [-0.25, -0.2) is 0 Å². The molecule has 0 aliphatic carbocycles. The molecule has 38 heavy (non-hydrogen) atoms. The maximum absolute atomic E-state index is 13.0. The van der Waals surface area contributed by atoms with Crippen LogP contribution in [0.4, 0.5) is 17.6 Å². The summed E-state index contributed by atoms with van der Waals surface area (Å²) < 4.78 is 11.7. The number of hydrogen-bond acceptors (Lipinski definition) is 9. The van der Waals surface area contributed by atoms with Gasteiger partial charge in [0.05, 0.1) is 19.8 Å². The van der Waals surface area contributed by atoms with Gasteiger partial charge in [-0.15, -0.1) is 0 Å². The highest BCUT2D eigenvalue weighted by Gasteiger charge is 2.41. The third-order valence-corrected chi connectivity index (χ3v) is 8.57. The van der Waals surface area contributed by atoms with Gasteiger partial charge in [-0.05, 0) is 45.4 Å². The first-order chi connectivity index (χ1) is 18.5. The molecule has 0 spiro atoms. The summed E-state index contributed by atoms with van der Waals surface area (Å²) in [5.41, 5.74) is 0.972. The number of aromatic nitrogens is 4. The Hall–Kier alpha value is -2.92. The van der Waals surface area contributed by atoms with Crippen LogP contribution < -0.4 is 15.0 Å². The van der Waals surface area contributed by atoms with Crippen molar-refractivity contribution in [2.45, 2.75) is 82.5 Å². The molecule has 6 rings (SSSR count). The van der Waals surface area contributed by atoms with Crippen LogP contribution in [0.25, 0.3) is 0 Å². The van der Waals surface area contributed by atoms with Crippen molar-refractivity contribution in [3.05, 3.63) is 17.8 Å². The lowest BCUT2D eigenvalue weighted by Gasteiger charge is -2.50. The van der Waals surface area contributed by atoms with Gasteiger partial charge in [-0.1, -0.05) is 6.42 Å². The van der Waals surface area contributed by atoms with Gasteiger partial charge in [0, 0.05) is 62.5 Å². The van der Waals surface area contributed by atoms with Crippen molar-refractivity contribution in [2.75, 3.05) is 50.1 Å². The summed E-state index contributed by atoms with van der Waals surface area (Å²) in [6, 6.07) is 4.91. The van der Waals surface area contributed by atoms with Gasteiger partial charge in [-0.2, -0.15) is 15.1 Å². The second-order valence-corrected chi connectivity index (χ2v) is 11.3. The first kappa shape index (κ1) is 25.4. The largest absolute Gasteiger partial charge is 0.472 e. The van der Waals surface area contributed by atoms with Crippen molar-refractivity contribution in [3.8, 4) is 5.88 Å². The highest BCUT2D eigenvalue weighted by atomic mass is 16.5. The van der Waals surface area contributed by atoms with Crippen LogP contribution in [0, 0.1) is 6.92 Å². The SMILES string of the molecule is Cc1cc(Nc2cc(O[C@H]3CCOC3)nc(N(C)C3C[C@H]4CCC[C@@H](C3)N4CC(=O)N3CCCC3)n2)n[nH]1. The fourth-order valence-corrected chi connectivity index (χ4v) is 6.49. The number of nitrogens with zero attached hydrogens (tertiary/aromatic N) is 6. The van der Waals surface area contributed by atoms with Crippen molar-refractivity contribution in [3.63, 3.8) is 0 Å². The second kappa shape index (κ2) is 11.1. The van der Waals surface area contributed by atoms with Crippen molar-refractivity contribution >= 4 is 23.5 Å². The van der Waals surface area contributed by atoms with Crippen LogP contribution >= 0.6 is 0 Å². The van der Waals surface area contributed by atoms with Gasteiger partial charge in [0.25, 0.3) is 0 Å². The Morgan fingerprint density at radius 2 is 1.92 bits per heavy atom. The van der Waals surface area contributed by atoms with E-state index < -0.39 is 0 Å². The van der Waals surface area contributed by atoms with E-state index in [0.29, 0.717) is 67.3 Å². The normalized spacial score (nSPS) is 27.5. The molecule has 0 saturated carbocycles. The van der Waals surface area contributed by atoms with Crippen LogP contribution in [-0.2, 0) is 9.53 Å². The van der Waals surface area contributed by atoms with Gasteiger partial charge in [0.1, 0.15) is 11.9 Å². The zero-order chi connectivity index (χ0) is 26.1. The standard InChI is InChI=1S/C27H40N8O3/c1-18-12-24(32-31-18)28-23-15-25(38-22-8-11-37-17-22)30-27(29-23)33(2)21-13-19-6-5-7-20(14-21)35(19)16-26(36)34-9-3-4-10-34/h12,15,19-22H,3-11,13-14,16-17H2,1-2H3,(H2,28,29,30,31,32)/t19-,20+,21?,22-/m0/s1. The van der Waals surface area contributed by atoms with E-state index >= 15 is 0 Å². The van der Waals surface area contributed by atoms with Crippen LogP contribution in [0.3, 0.4) is 0 Å². The molecule has 4 atom stereocenters. The Labute approximate surface area is 224 Å². The molecule has 1 amide bonds. The number of amides is 1. The highest BCUT2D eigenvalue weighted by molar-refractivity contribution is 5.78. The number of ether oxygens (including phenoxy) is 2. The van der Waals surface area contributed by atoms with Crippen molar-refractivity contribution in [1.29, 1.82) is 0 Å². The smallest absolute Gasteiger partial charge is 0.236 e. The number of piperidine rings is 2. The molecule has 2 aromatic rings. The Kier molecular flexibility index (Phi) is 7.38. The first-order valence-electron chi connectivity index (χ1n) is 14.2. The summed E-state index contributed by atoms with van der Waals surface area (Å²) in [6.07, 6.45) is 8.67. The molecular formula is C27H40N8O3. The van der Waals surface area contributed by atoms with Gasteiger partial charge in [0.2, 0.25) is 17.7 Å². The fourth-order valence-electron chi connectivity index (χ4n) is 6.49. The molecule has 4 fully saturated rings. The Morgan fingerprint density at radius 3 is 2.61 bits per heavy atom. The maximum Gasteiger partial charge on any atom is 0.236 e. The average molecular weight is 525 g/mol. The molecule has 2 bridgehead atoms. The van der Waals surface area contributed by atoms with E-state index in [1.807, 2.05) is 19.1 Å². The van der Waals surface area contributed by atoms with E-state index in [2.05, 4.69) is 37.3 Å². The summed E-state index contributed by atoms with van der Waals surface area (Å²) >= 11 is 0. The maximum atomic E-state index is 13.0. The number of rotatable bonds is 8. The van der Waals surface area contributed by atoms with Gasteiger partial charge >= 0.3 is 0 Å².